The lowest BCUT2D eigenvalue weighted by atomic mass is 10.1. The van der Waals surface area contributed by atoms with Crippen LogP contribution in [0.25, 0.3) is 0 Å². The molecule has 0 spiro atoms. The fraction of sp³-hybridized carbons (Fsp3) is 0.176. The van der Waals surface area contributed by atoms with E-state index in [1.165, 1.54) is 12.3 Å². The fourth-order valence-electron chi connectivity index (χ4n) is 1.85. The zero-order valence-corrected chi connectivity index (χ0v) is 14.4. The molecule has 1 amide bonds. The van der Waals surface area contributed by atoms with Crippen LogP contribution in [0.4, 0.5) is 0 Å². The molecule has 23 heavy (non-hydrogen) atoms. The number of hydrogen-bond acceptors (Lipinski definition) is 4. The number of carbonyl (C=O) groups excluding carboxylic acids is 1. The highest BCUT2D eigenvalue weighted by molar-refractivity contribution is 9.10. The Bertz CT molecular complexity index is 745. The van der Waals surface area contributed by atoms with Gasteiger partial charge in [0, 0.05) is 10.0 Å². The number of halogens is 1. The molecule has 0 heterocycles. The van der Waals surface area contributed by atoms with Gasteiger partial charge in [-0.05, 0) is 55.3 Å². The minimum absolute atomic E-state index is 0.0672. The van der Waals surface area contributed by atoms with Gasteiger partial charge >= 0.3 is 0 Å². The predicted molar refractivity (Wildman–Crippen MR) is 93.2 cm³/mol. The van der Waals surface area contributed by atoms with Gasteiger partial charge in [-0.15, -0.1) is 0 Å². The number of benzene rings is 2. The summed E-state index contributed by atoms with van der Waals surface area (Å²) in [4.78, 5) is 12.0. The zero-order valence-electron chi connectivity index (χ0n) is 12.8. The molecular formula is C17H17BrN2O3. The van der Waals surface area contributed by atoms with Crippen molar-refractivity contribution in [1.29, 1.82) is 0 Å². The summed E-state index contributed by atoms with van der Waals surface area (Å²) in [6, 6.07) is 10.2. The predicted octanol–water partition coefficient (Wildman–Crippen LogP) is 3.63. The van der Waals surface area contributed by atoms with Crippen molar-refractivity contribution in [3.63, 3.8) is 0 Å². The second kappa shape index (κ2) is 7.78. The van der Waals surface area contributed by atoms with E-state index in [9.17, 15) is 9.90 Å². The van der Waals surface area contributed by atoms with Crippen molar-refractivity contribution in [1.82, 2.24) is 5.43 Å². The molecule has 0 aromatic heterocycles. The van der Waals surface area contributed by atoms with Crippen molar-refractivity contribution >= 4 is 28.1 Å². The van der Waals surface area contributed by atoms with Crippen LogP contribution in [0.3, 0.4) is 0 Å². The van der Waals surface area contributed by atoms with E-state index in [1.54, 1.807) is 24.3 Å². The first-order valence-corrected chi connectivity index (χ1v) is 7.86. The van der Waals surface area contributed by atoms with E-state index in [0.717, 1.165) is 10.0 Å². The highest BCUT2D eigenvalue weighted by Crippen LogP contribution is 2.26. The van der Waals surface area contributed by atoms with E-state index >= 15 is 0 Å². The number of hydrogen-bond donors (Lipinski definition) is 2. The van der Waals surface area contributed by atoms with Gasteiger partial charge in [-0.3, -0.25) is 4.79 Å². The number of ether oxygens (including phenoxy) is 1. The molecule has 0 saturated carbocycles. The summed E-state index contributed by atoms with van der Waals surface area (Å²) in [7, 11) is 0. The Hall–Kier alpha value is -2.34. The van der Waals surface area contributed by atoms with Gasteiger partial charge in [0.1, 0.15) is 0 Å². The maximum atomic E-state index is 12.0. The van der Waals surface area contributed by atoms with Crippen molar-refractivity contribution in [2.24, 2.45) is 5.10 Å². The summed E-state index contributed by atoms with van der Waals surface area (Å²) in [5.74, 6) is 0.147. The number of phenolic OH excluding ortho intramolecular Hbond substituents is 1. The van der Waals surface area contributed by atoms with Gasteiger partial charge in [0.15, 0.2) is 11.5 Å². The van der Waals surface area contributed by atoms with E-state index in [2.05, 4.69) is 26.5 Å². The Labute approximate surface area is 143 Å². The second-order valence-electron chi connectivity index (χ2n) is 4.82. The van der Waals surface area contributed by atoms with Crippen molar-refractivity contribution in [3.8, 4) is 11.5 Å². The Morgan fingerprint density at radius 1 is 1.35 bits per heavy atom. The maximum Gasteiger partial charge on any atom is 0.271 e. The van der Waals surface area contributed by atoms with E-state index in [-0.39, 0.29) is 11.7 Å². The number of amides is 1. The van der Waals surface area contributed by atoms with Crippen molar-refractivity contribution < 1.29 is 14.6 Å². The van der Waals surface area contributed by atoms with Crippen LogP contribution in [0.2, 0.25) is 0 Å². The number of hydrazone groups is 1. The lowest BCUT2D eigenvalue weighted by Gasteiger charge is -2.06. The quantitative estimate of drug-likeness (QED) is 0.618. The largest absolute Gasteiger partial charge is 0.504 e. The molecular weight excluding hydrogens is 360 g/mol. The van der Waals surface area contributed by atoms with Crippen LogP contribution >= 0.6 is 15.9 Å². The third kappa shape index (κ3) is 4.56. The normalized spacial score (nSPS) is 10.7. The van der Waals surface area contributed by atoms with Gasteiger partial charge in [-0.1, -0.05) is 22.0 Å². The first-order valence-electron chi connectivity index (χ1n) is 7.06. The second-order valence-corrected chi connectivity index (χ2v) is 5.68. The smallest absolute Gasteiger partial charge is 0.271 e. The highest BCUT2D eigenvalue weighted by Gasteiger charge is 2.06. The number of aromatic hydroxyl groups is 1. The molecule has 0 radical (unpaired) electrons. The highest BCUT2D eigenvalue weighted by atomic mass is 79.9. The summed E-state index contributed by atoms with van der Waals surface area (Å²) in [6.45, 7) is 4.23. The Kier molecular flexibility index (Phi) is 5.76. The molecule has 2 aromatic rings. The summed E-state index contributed by atoms with van der Waals surface area (Å²) in [5, 5.41) is 13.6. The molecule has 0 bridgehead atoms. The molecule has 2 rings (SSSR count). The average Bonchev–Trinajstić information content (AvgIpc) is 2.53. The monoisotopic (exact) mass is 376 g/mol. The maximum absolute atomic E-state index is 12.0. The van der Waals surface area contributed by atoms with E-state index in [0.29, 0.717) is 23.5 Å². The molecule has 0 aliphatic carbocycles. The molecule has 6 heteroatoms. The van der Waals surface area contributed by atoms with Crippen molar-refractivity contribution in [2.75, 3.05) is 6.61 Å². The topological polar surface area (TPSA) is 70.9 Å². The van der Waals surface area contributed by atoms with Crippen LogP contribution in [-0.4, -0.2) is 23.8 Å². The first kappa shape index (κ1) is 17.0. The average molecular weight is 377 g/mol. The molecule has 0 atom stereocenters. The fourth-order valence-corrected chi connectivity index (χ4v) is 2.23. The number of nitrogens with one attached hydrogen (secondary N) is 1. The summed E-state index contributed by atoms with van der Waals surface area (Å²) < 4.78 is 6.16. The Balaban J connectivity index is 2.04. The SMILES string of the molecule is CCOc1cc(/C=N/NC(=O)c2ccc(C)c(Br)c2)ccc1O. The third-order valence-corrected chi connectivity index (χ3v) is 3.95. The van der Waals surface area contributed by atoms with Gasteiger partial charge in [-0.2, -0.15) is 5.10 Å². The molecule has 0 unspecified atom stereocenters. The number of nitrogens with zero attached hydrogens (tertiary/aromatic N) is 1. The third-order valence-electron chi connectivity index (χ3n) is 3.10. The molecule has 0 fully saturated rings. The van der Waals surface area contributed by atoms with Crippen LogP contribution in [0.1, 0.15) is 28.4 Å². The Morgan fingerprint density at radius 3 is 2.83 bits per heavy atom. The van der Waals surface area contributed by atoms with Crippen LogP contribution in [0.15, 0.2) is 46.0 Å². The van der Waals surface area contributed by atoms with Gasteiger partial charge < -0.3 is 9.84 Å². The summed E-state index contributed by atoms with van der Waals surface area (Å²) >= 11 is 3.39. The lowest BCUT2D eigenvalue weighted by Crippen LogP contribution is -2.17. The summed E-state index contributed by atoms with van der Waals surface area (Å²) in [5.41, 5.74) is 4.74. The van der Waals surface area contributed by atoms with Gasteiger partial charge in [-0.25, -0.2) is 5.43 Å². The van der Waals surface area contributed by atoms with Crippen LogP contribution < -0.4 is 10.2 Å². The Morgan fingerprint density at radius 2 is 2.13 bits per heavy atom. The molecule has 120 valence electrons. The van der Waals surface area contributed by atoms with Gasteiger partial charge in [0.05, 0.1) is 12.8 Å². The van der Waals surface area contributed by atoms with Crippen molar-refractivity contribution in [2.45, 2.75) is 13.8 Å². The number of phenols is 1. The van der Waals surface area contributed by atoms with Crippen LogP contribution in [-0.2, 0) is 0 Å². The lowest BCUT2D eigenvalue weighted by molar-refractivity contribution is 0.0955. The summed E-state index contributed by atoms with van der Waals surface area (Å²) in [6.07, 6.45) is 1.49. The standard InChI is InChI=1S/C17H17BrN2O3/c1-3-23-16-8-12(5-7-15(16)21)10-19-20-17(22)13-6-4-11(2)14(18)9-13/h4-10,21H,3H2,1-2H3,(H,20,22)/b19-10+. The van der Waals surface area contributed by atoms with Gasteiger partial charge in [0.2, 0.25) is 0 Å². The molecule has 0 saturated heterocycles. The molecule has 0 aliphatic rings. The molecule has 0 aliphatic heterocycles. The number of rotatable bonds is 5. The minimum atomic E-state index is -0.300. The van der Waals surface area contributed by atoms with Crippen molar-refractivity contribution in [3.05, 3.63) is 57.6 Å². The van der Waals surface area contributed by atoms with Crippen LogP contribution in [0.5, 0.6) is 11.5 Å². The first-order chi connectivity index (χ1) is 11.0. The minimum Gasteiger partial charge on any atom is -0.504 e. The molecule has 2 N–H and O–H groups in total. The van der Waals surface area contributed by atoms with E-state index < -0.39 is 0 Å². The zero-order chi connectivity index (χ0) is 16.8. The molecule has 2 aromatic carbocycles. The number of carbonyl (C=O) groups is 1. The van der Waals surface area contributed by atoms with Crippen LogP contribution in [0, 0.1) is 6.92 Å². The number of aryl methyl sites for hydroxylation is 1. The molecule has 5 nitrogen and oxygen atoms in total. The van der Waals surface area contributed by atoms with Gasteiger partial charge in [0.25, 0.3) is 5.91 Å². The van der Waals surface area contributed by atoms with E-state index in [1.807, 2.05) is 19.9 Å². The van der Waals surface area contributed by atoms with E-state index in [4.69, 9.17) is 4.74 Å².